The molecule has 2 amide bonds. The highest BCUT2D eigenvalue weighted by Gasteiger charge is 2.21. The van der Waals surface area contributed by atoms with Crippen molar-refractivity contribution in [1.82, 2.24) is 9.80 Å². The van der Waals surface area contributed by atoms with Crippen LogP contribution in [-0.4, -0.2) is 61.6 Å². The van der Waals surface area contributed by atoms with Gasteiger partial charge in [-0.05, 0) is 43.1 Å². The number of carbonyl (C=O) groups excluding carboxylic acids is 2. The lowest BCUT2D eigenvalue weighted by molar-refractivity contribution is 0.0600. The Morgan fingerprint density at radius 2 is 1.75 bits per heavy atom. The molecule has 1 heterocycles. The molecule has 6 nitrogen and oxygen atoms in total. The van der Waals surface area contributed by atoms with Crippen molar-refractivity contribution >= 4 is 17.7 Å². The van der Waals surface area contributed by atoms with Crippen LogP contribution in [0, 0.1) is 5.92 Å². The third-order valence-electron chi connectivity index (χ3n) is 4.24. The Labute approximate surface area is 143 Å². The van der Waals surface area contributed by atoms with Gasteiger partial charge in [-0.2, -0.15) is 0 Å². The predicted molar refractivity (Wildman–Crippen MR) is 94.3 cm³/mol. The van der Waals surface area contributed by atoms with Crippen LogP contribution in [0.25, 0.3) is 0 Å². The third-order valence-corrected chi connectivity index (χ3v) is 4.24. The van der Waals surface area contributed by atoms with E-state index in [1.54, 1.807) is 24.3 Å². The molecule has 0 aliphatic carbocycles. The second-order valence-electron chi connectivity index (χ2n) is 6.51. The van der Waals surface area contributed by atoms with E-state index in [2.05, 4.69) is 28.8 Å². The summed E-state index contributed by atoms with van der Waals surface area (Å²) in [6.45, 7) is 8.88. The van der Waals surface area contributed by atoms with Gasteiger partial charge >= 0.3 is 12.0 Å². The molecule has 0 saturated carbocycles. The van der Waals surface area contributed by atoms with Crippen LogP contribution < -0.4 is 5.32 Å². The zero-order chi connectivity index (χ0) is 17.5. The highest BCUT2D eigenvalue weighted by molar-refractivity contribution is 5.92. The number of nitrogens with zero attached hydrogens (tertiary/aromatic N) is 2. The Morgan fingerprint density at radius 3 is 2.29 bits per heavy atom. The first-order valence-corrected chi connectivity index (χ1v) is 8.46. The Balaban J connectivity index is 1.80. The second-order valence-corrected chi connectivity index (χ2v) is 6.51. The molecule has 132 valence electrons. The van der Waals surface area contributed by atoms with Gasteiger partial charge in [-0.25, -0.2) is 9.59 Å². The lowest BCUT2D eigenvalue weighted by Crippen LogP contribution is -2.50. The molecule has 1 N–H and O–H groups in total. The molecule has 1 aliphatic rings. The Kier molecular flexibility index (Phi) is 6.61. The van der Waals surface area contributed by atoms with Gasteiger partial charge in [0, 0.05) is 31.9 Å². The van der Waals surface area contributed by atoms with Crippen molar-refractivity contribution in [1.29, 1.82) is 0 Å². The summed E-state index contributed by atoms with van der Waals surface area (Å²) < 4.78 is 4.66. The lowest BCUT2D eigenvalue weighted by Gasteiger charge is -2.35. The SMILES string of the molecule is COC(=O)c1ccc(NC(=O)N2CCN(CCC(C)C)CC2)cc1. The van der Waals surface area contributed by atoms with Gasteiger partial charge in [-0.1, -0.05) is 13.8 Å². The van der Waals surface area contributed by atoms with Gasteiger partial charge in [-0.3, -0.25) is 4.90 Å². The summed E-state index contributed by atoms with van der Waals surface area (Å²) >= 11 is 0. The third kappa shape index (κ3) is 5.23. The highest BCUT2D eigenvalue weighted by Crippen LogP contribution is 2.12. The van der Waals surface area contributed by atoms with E-state index in [0.717, 1.165) is 32.7 Å². The highest BCUT2D eigenvalue weighted by atomic mass is 16.5. The fraction of sp³-hybridized carbons (Fsp3) is 0.556. The fourth-order valence-electron chi connectivity index (χ4n) is 2.63. The van der Waals surface area contributed by atoms with Gasteiger partial charge in [0.25, 0.3) is 0 Å². The maximum Gasteiger partial charge on any atom is 0.337 e. The van der Waals surface area contributed by atoms with E-state index in [1.807, 2.05) is 4.90 Å². The van der Waals surface area contributed by atoms with Gasteiger partial charge in [-0.15, -0.1) is 0 Å². The molecule has 0 spiro atoms. The normalized spacial score (nSPS) is 15.4. The number of ether oxygens (including phenoxy) is 1. The van der Waals surface area contributed by atoms with Gasteiger partial charge < -0.3 is 15.0 Å². The van der Waals surface area contributed by atoms with Crippen LogP contribution in [0.15, 0.2) is 24.3 Å². The first-order chi connectivity index (χ1) is 11.5. The van der Waals surface area contributed by atoms with Crippen LogP contribution in [0.5, 0.6) is 0 Å². The van der Waals surface area contributed by atoms with Gasteiger partial charge in [0.05, 0.1) is 12.7 Å². The predicted octanol–water partition coefficient (Wildman–Crippen LogP) is 2.67. The molecule has 6 heteroatoms. The second kappa shape index (κ2) is 8.68. The maximum atomic E-state index is 12.3. The number of methoxy groups -OCH3 is 1. The fourth-order valence-corrected chi connectivity index (χ4v) is 2.63. The van der Waals surface area contributed by atoms with Gasteiger partial charge in [0.2, 0.25) is 0 Å². The van der Waals surface area contributed by atoms with Crippen LogP contribution in [-0.2, 0) is 4.74 Å². The van der Waals surface area contributed by atoms with E-state index in [1.165, 1.54) is 13.5 Å². The van der Waals surface area contributed by atoms with E-state index < -0.39 is 0 Å². The molecule has 1 aromatic carbocycles. The van der Waals surface area contributed by atoms with Crippen molar-refractivity contribution in [2.45, 2.75) is 20.3 Å². The number of anilines is 1. The number of nitrogens with one attached hydrogen (secondary N) is 1. The number of esters is 1. The number of piperazine rings is 1. The van der Waals surface area contributed by atoms with Crippen LogP contribution >= 0.6 is 0 Å². The van der Waals surface area contributed by atoms with Crippen LogP contribution in [0.2, 0.25) is 0 Å². The van der Waals surface area contributed by atoms with Crippen molar-refractivity contribution < 1.29 is 14.3 Å². The number of hydrogen-bond acceptors (Lipinski definition) is 4. The average molecular weight is 333 g/mol. The number of rotatable bonds is 5. The first kappa shape index (κ1) is 18.3. The molecular formula is C18H27N3O3. The summed E-state index contributed by atoms with van der Waals surface area (Å²) in [7, 11) is 1.35. The molecule has 0 atom stereocenters. The first-order valence-electron chi connectivity index (χ1n) is 8.46. The summed E-state index contributed by atoms with van der Waals surface area (Å²) in [4.78, 5) is 28.0. The summed E-state index contributed by atoms with van der Waals surface area (Å²) in [5.74, 6) is 0.324. The summed E-state index contributed by atoms with van der Waals surface area (Å²) in [6.07, 6.45) is 1.19. The van der Waals surface area contributed by atoms with Crippen molar-refractivity contribution in [3.8, 4) is 0 Å². The Hall–Kier alpha value is -2.08. The molecule has 1 saturated heterocycles. The maximum absolute atomic E-state index is 12.3. The molecule has 1 aliphatic heterocycles. The molecule has 0 aromatic heterocycles. The average Bonchev–Trinajstić information content (AvgIpc) is 2.60. The Bertz CT molecular complexity index is 549. The summed E-state index contributed by atoms with van der Waals surface area (Å²) in [5, 5.41) is 2.88. The molecule has 2 rings (SSSR count). The zero-order valence-corrected chi connectivity index (χ0v) is 14.7. The van der Waals surface area contributed by atoms with E-state index in [-0.39, 0.29) is 12.0 Å². The van der Waals surface area contributed by atoms with E-state index >= 15 is 0 Å². The van der Waals surface area contributed by atoms with E-state index in [9.17, 15) is 9.59 Å². The standard InChI is InChI=1S/C18H27N3O3/c1-14(2)8-9-20-10-12-21(13-11-20)18(23)19-16-6-4-15(5-7-16)17(22)24-3/h4-7,14H,8-13H2,1-3H3,(H,19,23). The van der Waals surface area contributed by atoms with Crippen LogP contribution in [0.3, 0.4) is 0 Å². The minimum Gasteiger partial charge on any atom is -0.465 e. The topological polar surface area (TPSA) is 61.9 Å². The smallest absolute Gasteiger partial charge is 0.337 e. The van der Waals surface area contributed by atoms with Gasteiger partial charge in [0.15, 0.2) is 0 Å². The number of hydrogen-bond donors (Lipinski definition) is 1. The number of benzene rings is 1. The monoisotopic (exact) mass is 333 g/mol. The number of amides is 2. The zero-order valence-electron chi connectivity index (χ0n) is 14.7. The van der Waals surface area contributed by atoms with Crippen LogP contribution in [0.1, 0.15) is 30.6 Å². The van der Waals surface area contributed by atoms with Crippen molar-refractivity contribution in [3.63, 3.8) is 0 Å². The Morgan fingerprint density at radius 1 is 1.12 bits per heavy atom. The van der Waals surface area contributed by atoms with Crippen molar-refractivity contribution in [2.24, 2.45) is 5.92 Å². The lowest BCUT2D eigenvalue weighted by atomic mass is 10.1. The molecule has 1 aromatic rings. The van der Waals surface area contributed by atoms with E-state index in [4.69, 9.17) is 0 Å². The van der Waals surface area contributed by atoms with Gasteiger partial charge in [0.1, 0.15) is 0 Å². The molecular weight excluding hydrogens is 306 g/mol. The number of carbonyl (C=O) groups is 2. The summed E-state index contributed by atoms with van der Waals surface area (Å²) in [5.41, 5.74) is 1.14. The minimum absolute atomic E-state index is 0.0932. The molecule has 0 unspecified atom stereocenters. The molecule has 0 bridgehead atoms. The quantitative estimate of drug-likeness (QED) is 0.842. The largest absolute Gasteiger partial charge is 0.465 e. The summed E-state index contributed by atoms with van der Waals surface area (Å²) in [6, 6.07) is 6.62. The van der Waals surface area contributed by atoms with Crippen molar-refractivity contribution in [3.05, 3.63) is 29.8 Å². The molecule has 1 fully saturated rings. The van der Waals surface area contributed by atoms with Crippen LogP contribution in [0.4, 0.5) is 10.5 Å². The molecule has 0 radical (unpaired) electrons. The molecule has 24 heavy (non-hydrogen) atoms. The minimum atomic E-state index is -0.384. The van der Waals surface area contributed by atoms with Crippen molar-refractivity contribution in [2.75, 3.05) is 45.2 Å². The van der Waals surface area contributed by atoms with E-state index in [0.29, 0.717) is 17.2 Å². The number of urea groups is 1.